The number of halogens is 3. The van der Waals surface area contributed by atoms with Gasteiger partial charge in [-0.1, -0.05) is 39.3 Å². The van der Waals surface area contributed by atoms with Crippen molar-refractivity contribution < 1.29 is 22.9 Å². The molecule has 1 aliphatic rings. The van der Waals surface area contributed by atoms with Crippen molar-refractivity contribution >= 4 is 27.9 Å². The van der Waals surface area contributed by atoms with Crippen LogP contribution in [-0.4, -0.2) is 27.0 Å². The van der Waals surface area contributed by atoms with Crippen molar-refractivity contribution in [3.63, 3.8) is 0 Å². The maximum absolute atomic E-state index is 14.2. The summed E-state index contributed by atoms with van der Waals surface area (Å²) in [5.74, 6) is -2.10. The van der Waals surface area contributed by atoms with Crippen molar-refractivity contribution in [1.82, 2.24) is 20.4 Å². The SMILES string of the molecule is CC1(c2ccc(F)cc2F)NC(=O)N(Cc2nc(-c3cccc(Br)c3)no2)C1=O. The fourth-order valence-electron chi connectivity index (χ4n) is 3.12. The second kappa shape index (κ2) is 7.03. The number of urea groups is 1. The molecule has 0 spiro atoms. The predicted molar refractivity (Wildman–Crippen MR) is 100 cm³/mol. The van der Waals surface area contributed by atoms with E-state index >= 15 is 0 Å². The van der Waals surface area contributed by atoms with E-state index in [2.05, 4.69) is 31.4 Å². The van der Waals surface area contributed by atoms with Gasteiger partial charge >= 0.3 is 6.03 Å². The highest BCUT2D eigenvalue weighted by Gasteiger charge is 2.50. The molecule has 1 aromatic heterocycles. The van der Waals surface area contributed by atoms with Crippen LogP contribution < -0.4 is 5.32 Å². The highest BCUT2D eigenvalue weighted by Crippen LogP contribution is 2.32. The number of hydrogen-bond acceptors (Lipinski definition) is 5. The van der Waals surface area contributed by atoms with E-state index < -0.39 is 29.1 Å². The van der Waals surface area contributed by atoms with Crippen molar-refractivity contribution in [3.05, 3.63) is 70.0 Å². The molecule has 0 bridgehead atoms. The molecule has 2 aromatic carbocycles. The van der Waals surface area contributed by atoms with E-state index in [-0.39, 0.29) is 18.0 Å². The molecule has 1 saturated heterocycles. The molecule has 4 rings (SSSR count). The molecule has 1 aliphatic heterocycles. The van der Waals surface area contributed by atoms with Crippen LogP contribution in [0, 0.1) is 11.6 Å². The molecule has 10 heteroatoms. The van der Waals surface area contributed by atoms with Gasteiger partial charge in [0, 0.05) is 21.7 Å². The summed E-state index contributed by atoms with van der Waals surface area (Å²) in [7, 11) is 0. The normalized spacial score (nSPS) is 19.0. The van der Waals surface area contributed by atoms with Crippen LogP contribution in [0.1, 0.15) is 18.4 Å². The second-order valence-corrected chi connectivity index (χ2v) is 7.51. The summed E-state index contributed by atoms with van der Waals surface area (Å²) in [6.45, 7) is 1.06. The molecule has 7 nitrogen and oxygen atoms in total. The maximum atomic E-state index is 14.2. The quantitative estimate of drug-likeness (QED) is 0.596. The molecule has 0 radical (unpaired) electrons. The first-order valence-electron chi connectivity index (χ1n) is 8.46. The smallest absolute Gasteiger partial charge is 0.325 e. The first-order chi connectivity index (χ1) is 13.8. The summed E-state index contributed by atoms with van der Waals surface area (Å²) in [4.78, 5) is 30.3. The van der Waals surface area contributed by atoms with E-state index in [1.54, 1.807) is 18.2 Å². The summed E-state index contributed by atoms with van der Waals surface area (Å²) >= 11 is 3.35. The van der Waals surface area contributed by atoms with E-state index in [0.29, 0.717) is 17.5 Å². The van der Waals surface area contributed by atoms with Gasteiger partial charge in [-0.3, -0.25) is 9.69 Å². The lowest BCUT2D eigenvalue weighted by Crippen LogP contribution is -2.41. The minimum absolute atomic E-state index is 0.0345. The molecular weight excluding hydrogens is 450 g/mol. The average Bonchev–Trinajstić information content (AvgIpc) is 3.21. The van der Waals surface area contributed by atoms with Gasteiger partial charge in [-0.25, -0.2) is 13.6 Å². The van der Waals surface area contributed by atoms with Crippen molar-refractivity contribution in [2.24, 2.45) is 0 Å². The summed E-state index contributed by atoms with van der Waals surface area (Å²) < 4.78 is 33.4. The lowest BCUT2D eigenvalue weighted by atomic mass is 9.91. The number of rotatable bonds is 4. The van der Waals surface area contributed by atoms with Crippen molar-refractivity contribution in [1.29, 1.82) is 0 Å². The van der Waals surface area contributed by atoms with Crippen LogP contribution in [0.2, 0.25) is 0 Å². The van der Waals surface area contributed by atoms with E-state index in [1.807, 2.05) is 6.07 Å². The standard InChI is InChI=1S/C19H13BrF2N4O3/c1-19(13-6-5-12(21)8-14(13)22)17(27)26(18(28)24-19)9-15-23-16(25-29-15)10-3-2-4-11(20)7-10/h2-8H,9H2,1H3,(H,24,28). The van der Waals surface area contributed by atoms with Crippen molar-refractivity contribution in [2.75, 3.05) is 0 Å². The Balaban J connectivity index is 1.59. The third kappa shape index (κ3) is 3.39. The summed E-state index contributed by atoms with van der Waals surface area (Å²) in [6.07, 6.45) is 0. The number of nitrogens with one attached hydrogen (secondary N) is 1. The number of carbonyl (C=O) groups is 2. The van der Waals surface area contributed by atoms with Gasteiger partial charge in [-0.05, 0) is 25.1 Å². The highest BCUT2D eigenvalue weighted by atomic mass is 79.9. The van der Waals surface area contributed by atoms with Crippen LogP contribution in [0.4, 0.5) is 13.6 Å². The maximum Gasteiger partial charge on any atom is 0.325 e. The molecule has 2 heterocycles. The molecule has 1 unspecified atom stereocenters. The number of carbonyl (C=O) groups excluding carboxylic acids is 2. The minimum Gasteiger partial charge on any atom is -0.337 e. The van der Waals surface area contributed by atoms with Gasteiger partial charge in [-0.15, -0.1) is 0 Å². The monoisotopic (exact) mass is 462 g/mol. The van der Waals surface area contributed by atoms with Gasteiger partial charge in [0.15, 0.2) is 0 Å². The van der Waals surface area contributed by atoms with Crippen LogP contribution in [0.3, 0.4) is 0 Å². The summed E-state index contributed by atoms with van der Waals surface area (Å²) in [5.41, 5.74) is -1.13. The Bertz CT molecular complexity index is 1140. The summed E-state index contributed by atoms with van der Waals surface area (Å²) in [6, 6.07) is 9.27. The Labute approximate surface area is 171 Å². The number of hydrogen-bond donors (Lipinski definition) is 1. The Morgan fingerprint density at radius 1 is 1.21 bits per heavy atom. The van der Waals surface area contributed by atoms with E-state index in [9.17, 15) is 18.4 Å². The third-order valence-corrected chi connectivity index (χ3v) is 5.08. The molecule has 0 saturated carbocycles. The number of benzene rings is 2. The van der Waals surface area contributed by atoms with E-state index in [4.69, 9.17) is 4.52 Å². The van der Waals surface area contributed by atoms with Gasteiger partial charge in [0.1, 0.15) is 23.7 Å². The molecule has 0 aliphatic carbocycles. The Morgan fingerprint density at radius 2 is 2.00 bits per heavy atom. The van der Waals surface area contributed by atoms with Gasteiger partial charge in [0.25, 0.3) is 5.91 Å². The first kappa shape index (κ1) is 19.2. The molecule has 1 N–H and O–H groups in total. The number of aromatic nitrogens is 2. The van der Waals surface area contributed by atoms with Gasteiger partial charge < -0.3 is 9.84 Å². The van der Waals surface area contributed by atoms with Crippen molar-refractivity contribution in [2.45, 2.75) is 19.0 Å². The molecule has 1 fully saturated rings. The van der Waals surface area contributed by atoms with Gasteiger partial charge in [0.2, 0.25) is 11.7 Å². The van der Waals surface area contributed by atoms with E-state index in [0.717, 1.165) is 21.5 Å². The predicted octanol–water partition coefficient (Wildman–Crippen LogP) is 3.74. The lowest BCUT2D eigenvalue weighted by molar-refractivity contribution is -0.131. The Hall–Kier alpha value is -3.14. The van der Waals surface area contributed by atoms with Gasteiger partial charge in [0.05, 0.1) is 0 Å². The zero-order valence-electron chi connectivity index (χ0n) is 14.9. The van der Waals surface area contributed by atoms with Crippen LogP contribution in [0.5, 0.6) is 0 Å². The second-order valence-electron chi connectivity index (χ2n) is 6.59. The highest BCUT2D eigenvalue weighted by molar-refractivity contribution is 9.10. The largest absolute Gasteiger partial charge is 0.337 e. The molecule has 1 atom stereocenters. The molecule has 148 valence electrons. The topological polar surface area (TPSA) is 88.3 Å². The first-order valence-corrected chi connectivity index (χ1v) is 9.25. The average molecular weight is 463 g/mol. The zero-order valence-corrected chi connectivity index (χ0v) is 16.5. The number of amides is 3. The van der Waals surface area contributed by atoms with Crippen molar-refractivity contribution in [3.8, 4) is 11.4 Å². The summed E-state index contributed by atoms with van der Waals surface area (Å²) in [5, 5.41) is 6.31. The lowest BCUT2D eigenvalue weighted by Gasteiger charge is -2.22. The Morgan fingerprint density at radius 3 is 2.72 bits per heavy atom. The third-order valence-electron chi connectivity index (χ3n) is 4.59. The van der Waals surface area contributed by atoms with Crippen LogP contribution in [0.25, 0.3) is 11.4 Å². The minimum atomic E-state index is -1.68. The van der Waals surface area contributed by atoms with Crippen LogP contribution in [-0.2, 0) is 16.9 Å². The molecular formula is C19H13BrF2N4O3. The molecule has 3 aromatic rings. The number of imide groups is 1. The fraction of sp³-hybridized carbons (Fsp3) is 0.158. The van der Waals surface area contributed by atoms with Gasteiger partial charge in [-0.2, -0.15) is 4.98 Å². The number of nitrogens with zero attached hydrogens (tertiary/aromatic N) is 3. The zero-order chi connectivity index (χ0) is 20.8. The van der Waals surface area contributed by atoms with Crippen LogP contribution in [0.15, 0.2) is 51.5 Å². The van der Waals surface area contributed by atoms with Crippen LogP contribution >= 0.6 is 15.9 Å². The van der Waals surface area contributed by atoms with E-state index in [1.165, 1.54) is 6.92 Å². The fourth-order valence-corrected chi connectivity index (χ4v) is 3.52. The molecule has 3 amide bonds. The Kier molecular flexibility index (Phi) is 4.65. The molecule has 29 heavy (non-hydrogen) atoms.